The van der Waals surface area contributed by atoms with Crippen LogP contribution >= 0.6 is 0 Å². The summed E-state index contributed by atoms with van der Waals surface area (Å²) in [5.74, 6) is 2.65. The molecule has 0 atom stereocenters. The summed E-state index contributed by atoms with van der Waals surface area (Å²) in [6.45, 7) is 8.25. The van der Waals surface area contributed by atoms with Crippen molar-refractivity contribution in [2.45, 2.75) is 27.2 Å². The van der Waals surface area contributed by atoms with Crippen LogP contribution in [0.15, 0.2) is 6.07 Å². The molecule has 5 heteroatoms. The third kappa shape index (κ3) is 4.46. The Kier molecular flexibility index (Phi) is 5.00. The molecule has 0 aliphatic heterocycles. The van der Waals surface area contributed by atoms with Gasteiger partial charge in [0.05, 0.1) is 0 Å². The van der Waals surface area contributed by atoms with Gasteiger partial charge in [-0.3, -0.25) is 0 Å². The van der Waals surface area contributed by atoms with Crippen LogP contribution in [-0.4, -0.2) is 30.1 Å². The Morgan fingerprint density at radius 2 is 2.12 bits per heavy atom. The molecule has 0 aliphatic carbocycles. The third-order valence-corrected chi connectivity index (χ3v) is 2.52. The van der Waals surface area contributed by atoms with E-state index in [1.54, 1.807) is 0 Å². The van der Waals surface area contributed by atoms with Crippen molar-refractivity contribution in [3.63, 3.8) is 0 Å². The monoisotopic (exact) mass is 237 g/mol. The minimum atomic E-state index is 0.315. The van der Waals surface area contributed by atoms with Gasteiger partial charge in [-0.05, 0) is 19.3 Å². The Balaban J connectivity index is 2.74. The SMILES string of the molecule is CCNc1cc(N(C)CCC(C)C)nc(N)n1. The van der Waals surface area contributed by atoms with E-state index in [1.165, 1.54) is 0 Å². The molecule has 1 heterocycles. The lowest BCUT2D eigenvalue weighted by atomic mass is 10.1. The average molecular weight is 237 g/mol. The normalized spacial score (nSPS) is 10.6. The van der Waals surface area contributed by atoms with E-state index in [2.05, 4.69) is 34.0 Å². The fourth-order valence-electron chi connectivity index (χ4n) is 1.49. The molecule has 0 saturated heterocycles. The van der Waals surface area contributed by atoms with Gasteiger partial charge in [-0.15, -0.1) is 0 Å². The van der Waals surface area contributed by atoms with Crippen molar-refractivity contribution in [2.75, 3.05) is 36.1 Å². The van der Waals surface area contributed by atoms with Crippen LogP contribution in [0.25, 0.3) is 0 Å². The van der Waals surface area contributed by atoms with E-state index in [1.807, 2.05) is 20.0 Å². The summed E-state index contributed by atoms with van der Waals surface area (Å²) in [4.78, 5) is 10.5. The van der Waals surface area contributed by atoms with Gasteiger partial charge >= 0.3 is 0 Å². The third-order valence-electron chi connectivity index (χ3n) is 2.52. The predicted octanol–water partition coefficient (Wildman–Crippen LogP) is 1.97. The van der Waals surface area contributed by atoms with Crippen LogP contribution in [0.3, 0.4) is 0 Å². The highest BCUT2D eigenvalue weighted by Crippen LogP contribution is 2.16. The van der Waals surface area contributed by atoms with E-state index in [4.69, 9.17) is 5.73 Å². The van der Waals surface area contributed by atoms with Gasteiger partial charge < -0.3 is 16.0 Å². The van der Waals surface area contributed by atoms with Gasteiger partial charge in [0.2, 0.25) is 5.95 Å². The Bertz CT molecular complexity index is 351. The van der Waals surface area contributed by atoms with Crippen molar-refractivity contribution in [2.24, 2.45) is 5.92 Å². The van der Waals surface area contributed by atoms with Gasteiger partial charge in [0.25, 0.3) is 0 Å². The predicted molar refractivity (Wildman–Crippen MR) is 73.3 cm³/mol. The van der Waals surface area contributed by atoms with E-state index in [9.17, 15) is 0 Å². The number of aromatic nitrogens is 2. The standard InChI is InChI=1S/C12H23N5/c1-5-14-10-8-11(16-12(13)15-10)17(4)7-6-9(2)3/h8-9H,5-7H2,1-4H3,(H3,13,14,15,16). The molecule has 0 spiro atoms. The Morgan fingerprint density at radius 1 is 1.41 bits per heavy atom. The summed E-state index contributed by atoms with van der Waals surface area (Å²) in [5.41, 5.74) is 5.69. The van der Waals surface area contributed by atoms with Crippen molar-refractivity contribution < 1.29 is 0 Å². The second kappa shape index (κ2) is 6.27. The van der Waals surface area contributed by atoms with E-state index in [0.717, 1.165) is 31.1 Å². The van der Waals surface area contributed by atoms with E-state index < -0.39 is 0 Å². The number of nitrogens with two attached hydrogens (primary N) is 1. The van der Waals surface area contributed by atoms with Crippen molar-refractivity contribution in [3.8, 4) is 0 Å². The van der Waals surface area contributed by atoms with Crippen molar-refractivity contribution >= 4 is 17.6 Å². The summed E-state index contributed by atoms with van der Waals surface area (Å²) in [6, 6.07) is 1.93. The highest BCUT2D eigenvalue weighted by atomic mass is 15.2. The molecule has 0 unspecified atom stereocenters. The highest BCUT2D eigenvalue weighted by Gasteiger charge is 2.07. The maximum Gasteiger partial charge on any atom is 0.223 e. The summed E-state index contributed by atoms with van der Waals surface area (Å²) in [6.07, 6.45) is 1.14. The minimum absolute atomic E-state index is 0.315. The van der Waals surface area contributed by atoms with Crippen LogP contribution in [0.5, 0.6) is 0 Å². The number of anilines is 3. The Morgan fingerprint density at radius 3 is 2.71 bits per heavy atom. The fourth-order valence-corrected chi connectivity index (χ4v) is 1.49. The minimum Gasteiger partial charge on any atom is -0.370 e. The van der Waals surface area contributed by atoms with Crippen molar-refractivity contribution in [3.05, 3.63) is 6.07 Å². The first kappa shape index (κ1) is 13.5. The molecule has 3 N–H and O–H groups in total. The summed E-state index contributed by atoms with van der Waals surface area (Å²) >= 11 is 0. The first-order valence-electron chi connectivity index (χ1n) is 6.12. The summed E-state index contributed by atoms with van der Waals surface area (Å²) in [7, 11) is 2.03. The van der Waals surface area contributed by atoms with Crippen LogP contribution in [0.4, 0.5) is 17.6 Å². The molecule has 1 aromatic heterocycles. The number of nitrogen functional groups attached to an aromatic ring is 1. The summed E-state index contributed by atoms with van der Waals surface area (Å²) < 4.78 is 0. The van der Waals surface area contributed by atoms with Crippen LogP contribution in [0, 0.1) is 5.92 Å². The average Bonchev–Trinajstić information content (AvgIpc) is 2.25. The molecule has 0 bridgehead atoms. The van der Waals surface area contributed by atoms with Gasteiger partial charge in [0.15, 0.2) is 0 Å². The molecule has 1 rings (SSSR count). The zero-order valence-electron chi connectivity index (χ0n) is 11.2. The molecule has 0 aromatic carbocycles. The molecule has 0 fully saturated rings. The quantitative estimate of drug-likeness (QED) is 0.792. The zero-order chi connectivity index (χ0) is 12.8. The molecule has 1 aromatic rings. The zero-order valence-corrected chi connectivity index (χ0v) is 11.2. The first-order valence-corrected chi connectivity index (χ1v) is 6.12. The second-order valence-corrected chi connectivity index (χ2v) is 4.60. The van der Waals surface area contributed by atoms with E-state index in [0.29, 0.717) is 11.9 Å². The highest BCUT2D eigenvalue weighted by molar-refractivity contribution is 5.52. The Labute approximate surface area is 103 Å². The van der Waals surface area contributed by atoms with Crippen molar-refractivity contribution in [1.82, 2.24) is 9.97 Å². The molecule has 96 valence electrons. The van der Waals surface area contributed by atoms with Crippen LogP contribution in [0.2, 0.25) is 0 Å². The van der Waals surface area contributed by atoms with Gasteiger partial charge in [0.1, 0.15) is 11.6 Å². The number of hydrogen-bond acceptors (Lipinski definition) is 5. The first-order chi connectivity index (χ1) is 8.02. The van der Waals surface area contributed by atoms with Crippen LogP contribution < -0.4 is 16.0 Å². The largest absolute Gasteiger partial charge is 0.370 e. The molecule has 5 nitrogen and oxygen atoms in total. The second-order valence-electron chi connectivity index (χ2n) is 4.60. The molecule has 17 heavy (non-hydrogen) atoms. The van der Waals surface area contributed by atoms with Gasteiger partial charge in [0, 0.05) is 26.2 Å². The lowest BCUT2D eigenvalue weighted by molar-refractivity contribution is 0.583. The lowest BCUT2D eigenvalue weighted by Crippen LogP contribution is -2.22. The topological polar surface area (TPSA) is 67.1 Å². The van der Waals surface area contributed by atoms with Gasteiger partial charge in [-0.2, -0.15) is 9.97 Å². The number of rotatable bonds is 6. The molecule has 0 saturated carbocycles. The molecule has 0 aliphatic rings. The molecular formula is C12H23N5. The number of nitrogens with zero attached hydrogens (tertiary/aromatic N) is 3. The summed E-state index contributed by atoms with van der Waals surface area (Å²) in [5, 5.41) is 3.15. The van der Waals surface area contributed by atoms with Gasteiger partial charge in [-0.25, -0.2) is 0 Å². The van der Waals surface area contributed by atoms with Crippen LogP contribution in [0.1, 0.15) is 27.2 Å². The lowest BCUT2D eigenvalue weighted by Gasteiger charge is -2.20. The fraction of sp³-hybridized carbons (Fsp3) is 0.667. The molecule has 0 radical (unpaired) electrons. The van der Waals surface area contributed by atoms with Crippen LogP contribution in [-0.2, 0) is 0 Å². The molecular weight excluding hydrogens is 214 g/mol. The van der Waals surface area contributed by atoms with Gasteiger partial charge in [-0.1, -0.05) is 13.8 Å². The number of nitrogens with one attached hydrogen (secondary N) is 1. The maximum atomic E-state index is 5.69. The molecule has 0 amide bonds. The number of hydrogen-bond donors (Lipinski definition) is 2. The maximum absolute atomic E-state index is 5.69. The van der Waals surface area contributed by atoms with E-state index >= 15 is 0 Å². The smallest absolute Gasteiger partial charge is 0.223 e. The van der Waals surface area contributed by atoms with E-state index in [-0.39, 0.29) is 0 Å². The van der Waals surface area contributed by atoms with Crippen molar-refractivity contribution in [1.29, 1.82) is 0 Å². The Hall–Kier alpha value is -1.52.